The standard InChI is InChI=1S/C28H25FN4O3/c1-3-35-23-14-7-9-19(15-23)17-33-18(2)24(25(30-28(33)34)21-12-8-13-22(29)16-21)27-31-26(32-36-27)20-10-5-4-6-11-20/h4-16,25H,3,17H2,1-2H3,(H,30,34). The van der Waals surface area contributed by atoms with Gasteiger partial charge in [-0.2, -0.15) is 4.98 Å². The van der Waals surface area contributed by atoms with Gasteiger partial charge in [-0.25, -0.2) is 9.18 Å². The van der Waals surface area contributed by atoms with Crippen molar-refractivity contribution in [2.24, 2.45) is 0 Å². The molecular formula is C28H25FN4O3. The monoisotopic (exact) mass is 484 g/mol. The van der Waals surface area contributed by atoms with Crippen molar-refractivity contribution in [2.45, 2.75) is 26.4 Å². The van der Waals surface area contributed by atoms with E-state index < -0.39 is 11.9 Å². The molecule has 5 rings (SSSR count). The van der Waals surface area contributed by atoms with Gasteiger partial charge in [-0.05, 0) is 49.2 Å². The average Bonchev–Trinajstić information content (AvgIpc) is 3.37. The minimum absolute atomic E-state index is 0.258. The van der Waals surface area contributed by atoms with Crippen LogP contribution in [0.1, 0.15) is 36.9 Å². The van der Waals surface area contributed by atoms with Gasteiger partial charge in [0.1, 0.15) is 11.6 Å². The Labute approximate surface area is 208 Å². The van der Waals surface area contributed by atoms with E-state index in [9.17, 15) is 9.18 Å². The number of halogens is 1. The molecule has 7 nitrogen and oxygen atoms in total. The molecule has 4 aromatic rings. The highest BCUT2D eigenvalue weighted by atomic mass is 19.1. The fourth-order valence-corrected chi connectivity index (χ4v) is 4.31. The number of hydrogen-bond acceptors (Lipinski definition) is 5. The first-order valence-corrected chi connectivity index (χ1v) is 11.7. The van der Waals surface area contributed by atoms with Gasteiger partial charge in [-0.3, -0.25) is 4.90 Å². The van der Waals surface area contributed by atoms with Crippen molar-refractivity contribution in [3.05, 3.63) is 107 Å². The zero-order chi connectivity index (χ0) is 25.1. The van der Waals surface area contributed by atoms with E-state index in [-0.39, 0.29) is 11.9 Å². The number of urea groups is 1. The normalized spacial score (nSPS) is 15.7. The summed E-state index contributed by atoms with van der Waals surface area (Å²) < 4.78 is 25.4. The predicted octanol–water partition coefficient (Wildman–Crippen LogP) is 5.97. The topological polar surface area (TPSA) is 80.5 Å². The summed E-state index contributed by atoms with van der Waals surface area (Å²) in [5, 5.41) is 7.16. The molecule has 1 aliphatic heterocycles. The molecule has 1 atom stereocenters. The number of hydrogen-bond donors (Lipinski definition) is 1. The van der Waals surface area contributed by atoms with Gasteiger partial charge in [0.25, 0.3) is 5.89 Å². The molecule has 0 bridgehead atoms. The van der Waals surface area contributed by atoms with Crippen molar-refractivity contribution in [2.75, 3.05) is 6.61 Å². The SMILES string of the molecule is CCOc1cccc(CN2C(=O)NC(c3cccc(F)c3)C(c3nc(-c4ccccc4)no3)=C2C)c1. The smallest absolute Gasteiger partial charge is 0.322 e. The van der Waals surface area contributed by atoms with Gasteiger partial charge in [0.2, 0.25) is 5.82 Å². The van der Waals surface area contributed by atoms with Crippen LogP contribution in [0.25, 0.3) is 17.0 Å². The molecule has 2 heterocycles. The molecule has 36 heavy (non-hydrogen) atoms. The fourth-order valence-electron chi connectivity index (χ4n) is 4.31. The molecule has 182 valence electrons. The molecule has 0 radical (unpaired) electrons. The van der Waals surface area contributed by atoms with Crippen LogP contribution < -0.4 is 10.1 Å². The second-order valence-corrected chi connectivity index (χ2v) is 8.39. The van der Waals surface area contributed by atoms with E-state index in [1.54, 1.807) is 17.0 Å². The maximum Gasteiger partial charge on any atom is 0.322 e. The van der Waals surface area contributed by atoms with Crippen LogP contribution in [0.4, 0.5) is 9.18 Å². The predicted molar refractivity (Wildman–Crippen MR) is 133 cm³/mol. The third-order valence-corrected chi connectivity index (χ3v) is 6.02. The second kappa shape index (κ2) is 10.0. The van der Waals surface area contributed by atoms with E-state index in [4.69, 9.17) is 9.26 Å². The Hall–Kier alpha value is -4.46. The van der Waals surface area contributed by atoms with Crippen LogP contribution in [-0.4, -0.2) is 27.7 Å². The lowest BCUT2D eigenvalue weighted by atomic mass is 9.94. The third kappa shape index (κ3) is 4.70. The van der Waals surface area contributed by atoms with Gasteiger partial charge in [0.15, 0.2) is 0 Å². The quantitative estimate of drug-likeness (QED) is 0.349. The van der Waals surface area contributed by atoms with Gasteiger partial charge in [0, 0.05) is 11.3 Å². The van der Waals surface area contributed by atoms with Crippen LogP contribution in [0.3, 0.4) is 0 Å². The van der Waals surface area contributed by atoms with Crippen molar-refractivity contribution in [1.82, 2.24) is 20.4 Å². The molecule has 8 heteroatoms. The molecule has 0 fully saturated rings. The van der Waals surface area contributed by atoms with Crippen molar-refractivity contribution in [1.29, 1.82) is 0 Å². The summed E-state index contributed by atoms with van der Waals surface area (Å²) in [6.45, 7) is 4.61. The molecular weight excluding hydrogens is 459 g/mol. The Bertz CT molecular complexity index is 1420. The minimum Gasteiger partial charge on any atom is -0.494 e. The summed E-state index contributed by atoms with van der Waals surface area (Å²) in [4.78, 5) is 19.5. The molecule has 1 unspecified atom stereocenters. The molecule has 1 aliphatic rings. The maximum absolute atomic E-state index is 14.1. The van der Waals surface area contributed by atoms with Crippen LogP contribution >= 0.6 is 0 Å². The van der Waals surface area contributed by atoms with Gasteiger partial charge >= 0.3 is 6.03 Å². The molecule has 2 amide bonds. The first-order chi connectivity index (χ1) is 17.5. The van der Waals surface area contributed by atoms with Crippen molar-refractivity contribution >= 4 is 11.6 Å². The van der Waals surface area contributed by atoms with Gasteiger partial charge < -0.3 is 14.6 Å². The van der Waals surface area contributed by atoms with E-state index in [0.29, 0.717) is 35.8 Å². The Kier molecular flexibility index (Phi) is 6.49. The number of carbonyl (C=O) groups excluding carboxylic acids is 1. The lowest BCUT2D eigenvalue weighted by molar-refractivity contribution is 0.202. The number of nitrogens with one attached hydrogen (secondary N) is 1. The van der Waals surface area contributed by atoms with Crippen LogP contribution in [0.15, 0.2) is 89.1 Å². The summed E-state index contributed by atoms with van der Waals surface area (Å²) in [7, 11) is 0. The highest BCUT2D eigenvalue weighted by molar-refractivity contribution is 5.86. The fraction of sp³-hybridized carbons (Fsp3) is 0.179. The lowest BCUT2D eigenvalue weighted by Crippen LogP contribution is -2.45. The first-order valence-electron chi connectivity index (χ1n) is 11.7. The largest absolute Gasteiger partial charge is 0.494 e. The maximum atomic E-state index is 14.1. The molecule has 1 aromatic heterocycles. The summed E-state index contributed by atoms with van der Waals surface area (Å²) in [5.41, 5.74) is 3.52. The number of amides is 2. The summed E-state index contributed by atoms with van der Waals surface area (Å²) >= 11 is 0. The van der Waals surface area contributed by atoms with Crippen LogP contribution in [0.2, 0.25) is 0 Å². The molecule has 1 N–H and O–H groups in total. The summed E-state index contributed by atoms with van der Waals surface area (Å²) in [6, 6.07) is 22.2. The highest BCUT2D eigenvalue weighted by Crippen LogP contribution is 2.38. The summed E-state index contributed by atoms with van der Waals surface area (Å²) in [6.07, 6.45) is 0. The third-order valence-electron chi connectivity index (χ3n) is 6.02. The number of aromatic nitrogens is 2. The van der Waals surface area contributed by atoms with E-state index in [1.807, 2.05) is 68.4 Å². The average molecular weight is 485 g/mol. The first kappa shape index (κ1) is 23.3. The summed E-state index contributed by atoms with van der Waals surface area (Å²) in [5.74, 6) is 1.02. The van der Waals surface area contributed by atoms with Crippen molar-refractivity contribution < 1.29 is 18.4 Å². The molecule has 3 aromatic carbocycles. The van der Waals surface area contributed by atoms with Gasteiger partial charge in [-0.15, -0.1) is 0 Å². The Morgan fingerprint density at radius 2 is 1.86 bits per heavy atom. The zero-order valence-corrected chi connectivity index (χ0v) is 19.9. The van der Waals surface area contributed by atoms with E-state index >= 15 is 0 Å². The molecule has 0 saturated carbocycles. The molecule has 0 saturated heterocycles. The van der Waals surface area contributed by atoms with Crippen LogP contribution in [0.5, 0.6) is 5.75 Å². The van der Waals surface area contributed by atoms with E-state index in [1.165, 1.54) is 12.1 Å². The Balaban J connectivity index is 1.58. The van der Waals surface area contributed by atoms with E-state index in [2.05, 4.69) is 15.5 Å². The number of nitrogens with zero attached hydrogens (tertiary/aromatic N) is 3. The lowest BCUT2D eigenvalue weighted by Gasteiger charge is -2.35. The zero-order valence-electron chi connectivity index (χ0n) is 19.9. The Morgan fingerprint density at radius 3 is 2.64 bits per heavy atom. The minimum atomic E-state index is -0.664. The van der Waals surface area contributed by atoms with Crippen LogP contribution in [0, 0.1) is 5.82 Å². The van der Waals surface area contributed by atoms with Crippen molar-refractivity contribution in [3.8, 4) is 17.1 Å². The number of ether oxygens (including phenoxy) is 1. The Morgan fingerprint density at radius 1 is 1.06 bits per heavy atom. The van der Waals surface area contributed by atoms with E-state index in [0.717, 1.165) is 16.9 Å². The van der Waals surface area contributed by atoms with Gasteiger partial charge in [-0.1, -0.05) is 59.8 Å². The number of allylic oxidation sites excluding steroid dienone is 1. The highest BCUT2D eigenvalue weighted by Gasteiger charge is 2.36. The van der Waals surface area contributed by atoms with Gasteiger partial charge in [0.05, 0.1) is 24.8 Å². The number of rotatable bonds is 7. The molecule has 0 aliphatic carbocycles. The van der Waals surface area contributed by atoms with Crippen molar-refractivity contribution in [3.63, 3.8) is 0 Å². The molecule has 0 spiro atoms. The van der Waals surface area contributed by atoms with Crippen LogP contribution in [-0.2, 0) is 6.54 Å². The number of benzene rings is 3. The second-order valence-electron chi connectivity index (χ2n) is 8.39. The number of carbonyl (C=O) groups is 1.